The minimum atomic E-state index is -0.253. The summed E-state index contributed by atoms with van der Waals surface area (Å²) in [5.41, 5.74) is 3.01. The molecule has 2 fully saturated rings. The molecule has 3 heterocycles. The number of likely N-dealkylation sites (tertiary alicyclic amines) is 2. The highest BCUT2D eigenvalue weighted by atomic mass is 19.1. The molecular weight excluding hydrogens is 408 g/mol. The number of piperidine rings is 2. The van der Waals surface area contributed by atoms with Gasteiger partial charge in [-0.15, -0.1) is 0 Å². The summed E-state index contributed by atoms with van der Waals surface area (Å²) in [6.07, 6.45) is 7.98. The molecule has 0 N–H and O–H groups in total. The molecule has 2 aromatic carbocycles. The first-order chi connectivity index (χ1) is 15.6. The number of anilines is 2. The van der Waals surface area contributed by atoms with E-state index in [1.54, 1.807) is 6.07 Å². The van der Waals surface area contributed by atoms with Crippen molar-refractivity contribution in [2.24, 2.45) is 0 Å². The fourth-order valence-electron chi connectivity index (χ4n) is 5.42. The first-order valence-corrected chi connectivity index (χ1v) is 11.6. The number of nitrogens with zero attached hydrogens (tertiary/aromatic N) is 3. The van der Waals surface area contributed by atoms with Crippen LogP contribution < -0.4 is 4.90 Å². The lowest BCUT2D eigenvalue weighted by atomic mass is 9.89. The molecule has 0 aliphatic carbocycles. The van der Waals surface area contributed by atoms with E-state index in [1.165, 1.54) is 18.2 Å². The van der Waals surface area contributed by atoms with Gasteiger partial charge in [0, 0.05) is 62.5 Å². The average Bonchev–Trinajstić information content (AvgIpc) is 3.11. The summed E-state index contributed by atoms with van der Waals surface area (Å²) < 4.78 is 27.6. The van der Waals surface area contributed by atoms with E-state index in [4.69, 9.17) is 0 Å². The monoisotopic (exact) mass is 437 g/mol. The summed E-state index contributed by atoms with van der Waals surface area (Å²) in [6, 6.07) is 11.9. The highest BCUT2D eigenvalue weighted by molar-refractivity contribution is 5.77. The van der Waals surface area contributed by atoms with Gasteiger partial charge in [-0.05, 0) is 67.3 Å². The normalized spacial score (nSPS) is 23.6. The number of carbonyl (C=O) groups excluding carboxylic acids is 1. The number of benzene rings is 2. The fraction of sp³-hybridized carbons (Fsp3) is 0.423. The van der Waals surface area contributed by atoms with Gasteiger partial charge in [-0.1, -0.05) is 12.2 Å². The molecule has 3 aliphatic rings. The maximum atomic E-state index is 14.1. The van der Waals surface area contributed by atoms with Gasteiger partial charge < -0.3 is 9.80 Å². The van der Waals surface area contributed by atoms with Crippen molar-refractivity contribution in [2.75, 3.05) is 37.6 Å². The van der Waals surface area contributed by atoms with Crippen LogP contribution in [0.3, 0.4) is 0 Å². The quantitative estimate of drug-likeness (QED) is 0.626. The van der Waals surface area contributed by atoms with Crippen molar-refractivity contribution in [3.05, 3.63) is 71.8 Å². The van der Waals surface area contributed by atoms with Crippen LogP contribution in [0, 0.1) is 11.6 Å². The van der Waals surface area contributed by atoms with Gasteiger partial charge in [0.1, 0.15) is 11.6 Å². The lowest BCUT2D eigenvalue weighted by Crippen LogP contribution is -2.44. The van der Waals surface area contributed by atoms with E-state index in [9.17, 15) is 13.6 Å². The Kier molecular flexibility index (Phi) is 5.96. The van der Waals surface area contributed by atoms with Gasteiger partial charge in [0.2, 0.25) is 5.91 Å². The zero-order valence-corrected chi connectivity index (χ0v) is 18.2. The predicted molar refractivity (Wildman–Crippen MR) is 122 cm³/mol. The molecule has 2 aromatic rings. The van der Waals surface area contributed by atoms with Crippen molar-refractivity contribution in [2.45, 2.75) is 37.6 Å². The predicted octanol–water partition coefficient (Wildman–Crippen LogP) is 4.84. The Morgan fingerprint density at radius 1 is 0.938 bits per heavy atom. The molecule has 168 valence electrons. The SMILES string of the molecule is O=C1CCCCN1CC=CCN1CCC2C(C1)c1cc(F)ccc1N2c1ccc(F)cc1. The van der Waals surface area contributed by atoms with Gasteiger partial charge in [-0.3, -0.25) is 9.69 Å². The van der Waals surface area contributed by atoms with Crippen molar-refractivity contribution >= 4 is 17.3 Å². The van der Waals surface area contributed by atoms with Gasteiger partial charge in [0.25, 0.3) is 0 Å². The Labute approximate surface area is 188 Å². The minimum Gasteiger partial charge on any atom is -0.339 e. The highest BCUT2D eigenvalue weighted by Crippen LogP contribution is 2.48. The van der Waals surface area contributed by atoms with Crippen LogP contribution in [0.25, 0.3) is 0 Å². The Morgan fingerprint density at radius 3 is 2.53 bits per heavy atom. The van der Waals surface area contributed by atoms with Crippen LogP contribution in [-0.2, 0) is 4.79 Å². The molecule has 0 aromatic heterocycles. The van der Waals surface area contributed by atoms with E-state index in [1.807, 2.05) is 23.1 Å². The summed E-state index contributed by atoms with van der Waals surface area (Å²) in [6.45, 7) is 4.17. The molecule has 6 heteroatoms. The second-order valence-corrected chi connectivity index (χ2v) is 9.04. The topological polar surface area (TPSA) is 26.8 Å². The number of rotatable bonds is 5. The van der Waals surface area contributed by atoms with E-state index >= 15 is 0 Å². The average molecular weight is 438 g/mol. The number of amides is 1. The van der Waals surface area contributed by atoms with E-state index in [2.05, 4.69) is 22.0 Å². The fourth-order valence-corrected chi connectivity index (χ4v) is 5.42. The Morgan fingerprint density at radius 2 is 1.72 bits per heavy atom. The van der Waals surface area contributed by atoms with Gasteiger partial charge >= 0.3 is 0 Å². The Bertz CT molecular complexity index is 1010. The van der Waals surface area contributed by atoms with E-state index < -0.39 is 0 Å². The van der Waals surface area contributed by atoms with Crippen molar-refractivity contribution in [3.8, 4) is 0 Å². The molecule has 0 radical (unpaired) electrons. The summed E-state index contributed by atoms with van der Waals surface area (Å²) in [5.74, 6) is -0.00729. The van der Waals surface area contributed by atoms with Gasteiger partial charge in [0.05, 0.1) is 0 Å². The Hall–Kier alpha value is -2.73. The Balaban J connectivity index is 1.29. The molecule has 32 heavy (non-hydrogen) atoms. The van der Waals surface area contributed by atoms with E-state index in [0.717, 1.165) is 62.4 Å². The van der Waals surface area contributed by atoms with Crippen LogP contribution in [0.5, 0.6) is 0 Å². The maximum absolute atomic E-state index is 14.1. The second kappa shape index (κ2) is 9.02. The number of fused-ring (bicyclic) bond motifs is 3. The van der Waals surface area contributed by atoms with E-state index in [-0.39, 0.29) is 29.5 Å². The van der Waals surface area contributed by atoms with Crippen molar-refractivity contribution in [1.29, 1.82) is 0 Å². The first-order valence-electron chi connectivity index (χ1n) is 11.6. The van der Waals surface area contributed by atoms with Crippen LogP contribution in [-0.4, -0.2) is 54.5 Å². The third kappa shape index (κ3) is 4.16. The summed E-state index contributed by atoms with van der Waals surface area (Å²) in [5, 5.41) is 0. The standard InChI is InChI=1S/C26H29F2N3O/c27-19-6-9-21(10-7-19)31-24-11-8-20(28)17-22(24)23-18-29(16-12-25(23)31)13-3-4-15-30-14-2-1-5-26(30)32/h3-4,6-11,17,23,25H,1-2,5,12-16,18H2. The molecule has 2 saturated heterocycles. The van der Waals surface area contributed by atoms with Crippen molar-refractivity contribution < 1.29 is 13.6 Å². The number of hydrogen-bond donors (Lipinski definition) is 0. The van der Waals surface area contributed by atoms with Crippen LogP contribution in [0.1, 0.15) is 37.2 Å². The van der Waals surface area contributed by atoms with Crippen LogP contribution in [0.2, 0.25) is 0 Å². The molecule has 2 unspecified atom stereocenters. The van der Waals surface area contributed by atoms with Gasteiger partial charge in [0.15, 0.2) is 0 Å². The van der Waals surface area contributed by atoms with E-state index in [0.29, 0.717) is 13.0 Å². The summed E-state index contributed by atoms with van der Waals surface area (Å²) in [4.78, 5) is 18.5. The number of halogens is 2. The summed E-state index contributed by atoms with van der Waals surface area (Å²) in [7, 11) is 0. The first kappa shape index (κ1) is 21.1. The summed E-state index contributed by atoms with van der Waals surface area (Å²) >= 11 is 0. The molecule has 2 atom stereocenters. The van der Waals surface area contributed by atoms with Crippen LogP contribution in [0.4, 0.5) is 20.2 Å². The van der Waals surface area contributed by atoms with Crippen molar-refractivity contribution in [3.63, 3.8) is 0 Å². The second-order valence-electron chi connectivity index (χ2n) is 9.04. The lowest BCUT2D eigenvalue weighted by molar-refractivity contribution is -0.132. The van der Waals surface area contributed by atoms with Crippen LogP contribution >= 0.6 is 0 Å². The van der Waals surface area contributed by atoms with Gasteiger partial charge in [-0.25, -0.2) is 8.78 Å². The maximum Gasteiger partial charge on any atom is 0.222 e. The number of hydrogen-bond acceptors (Lipinski definition) is 3. The molecule has 1 amide bonds. The third-order valence-electron chi connectivity index (χ3n) is 7.02. The molecule has 4 nitrogen and oxygen atoms in total. The van der Waals surface area contributed by atoms with Crippen molar-refractivity contribution in [1.82, 2.24) is 9.80 Å². The molecule has 0 spiro atoms. The largest absolute Gasteiger partial charge is 0.339 e. The third-order valence-corrected chi connectivity index (χ3v) is 7.02. The smallest absolute Gasteiger partial charge is 0.222 e. The zero-order chi connectivity index (χ0) is 22.1. The minimum absolute atomic E-state index is 0.205. The van der Waals surface area contributed by atoms with Gasteiger partial charge in [-0.2, -0.15) is 0 Å². The molecule has 3 aliphatic heterocycles. The molecule has 0 bridgehead atoms. The zero-order valence-electron chi connectivity index (χ0n) is 18.2. The number of carbonyl (C=O) groups is 1. The van der Waals surface area contributed by atoms with Crippen LogP contribution in [0.15, 0.2) is 54.6 Å². The lowest BCUT2D eigenvalue weighted by Gasteiger charge is -2.38. The highest BCUT2D eigenvalue weighted by Gasteiger charge is 2.42. The molecular formula is C26H29F2N3O. The molecule has 5 rings (SSSR count). The molecule has 0 saturated carbocycles.